The molecule has 0 spiro atoms. The number of rotatable bonds is 3. The lowest BCUT2D eigenvalue weighted by molar-refractivity contribution is 0.152. The summed E-state index contributed by atoms with van der Waals surface area (Å²) in [6.07, 6.45) is -2.60. The number of hydrogen-bond donors (Lipinski definition) is 2. The minimum Gasteiger partial charge on any atom is -0.399 e. The Morgan fingerprint density at radius 3 is 2.42 bits per heavy atom. The Bertz CT molecular complexity index is 605. The highest BCUT2D eigenvalue weighted by molar-refractivity contribution is 14.1. The summed E-state index contributed by atoms with van der Waals surface area (Å²) in [5, 5.41) is 3.38. The van der Waals surface area contributed by atoms with Crippen molar-refractivity contribution >= 4 is 51.3 Å². The molecular weight excluding hydrogens is 385 g/mol. The van der Waals surface area contributed by atoms with Gasteiger partial charge in [-0.25, -0.2) is 8.78 Å². The van der Waals surface area contributed by atoms with Crippen molar-refractivity contribution < 1.29 is 8.78 Å². The van der Waals surface area contributed by atoms with E-state index < -0.39 is 6.43 Å². The van der Waals surface area contributed by atoms with Crippen LogP contribution in [0.25, 0.3) is 0 Å². The molecular formula is C13H10ClF2IN2. The topological polar surface area (TPSA) is 38.0 Å². The molecule has 19 heavy (non-hydrogen) atoms. The van der Waals surface area contributed by atoms with Crippen LogP contribution in [-0.2, 0) is 0 Å². The molecule has 0 aliphatic rings. The van der Waals surface area contributed by atoms with E-state index in [1.54, 1.807) is 18.2 Å². The van der Waals surface area contributed by atoms with Crippen LogP contribution in [-0.4, -0.2) is 0 Å². The third-order valence-electron chi connectivity index (χ3n) is 2.51. The summed E-state index contributed by atoms with van der Waals surface area (Å²) in [7, 11) is 0. The van der Waals surface area contributed by atoms with Crippen LogP contribution in [0.5, 0.6) is 0 Å². The maximum Gasteiger partial charge on any atom is 0.265 e. The normalized spacial score (nSPS) is 10.8. The highest BCUT2D eigenvalue weighted by atomic mass is 127. The van der Waals surface area contributed by atoms with Crippen molar-refractivity contribution in [2.75, 3.05) is 11.1 Å². The summed E-state index contributed by atoms with van der Waals surface area (Å²) < 4.78 is 26.9. The molecule has 0 aliphatic carbocycles. The molecule has 2 nitrogen and oxygen atoms in total. The second-order valence-electron chi connectivity index (χ2n) is 3.90. The summed E-state index contributed by atoms with van der Waals surface area (Å²) in [6.45, 7) is 0. The van der Waals surface area contributed by atoms with Gasteiger partial charge in [-0.15, -0.1) is 0 Å². The molecule has 0 saturated heterocycles. The van der Waals surface area contributed by atoms with Crippen LogP contribution in [0.15, 0.2) is 36.4 Å². The SMILES string of the molecule is Nc1ccc(Nc2ccc(I)cc2Cl)c(C(F)F)c1. The quantitative estimate of drug-likeness (QED) is 0.554. The van der Waals surface area contributed by atoms with Crippen molar-refractivity contribution in [1.82, 2.24) is 0 Å². The average molecular weight is 395 g/mol. The number of hydrogen-bond acceptors (Lipinski definition) is 2. The van der Waals surface area contributed by atoms with Crippen LogP contribution < -0.4 is 11.1 Å². The summed E-state index contributed by atoms with van der Waals surface area (Å²) in [4.78, 5) is 0. The van der Waals surface area contributed by atoms with Gasteiger partial charge in [0, 0.05) is 20.5 Å². The minimum atomic E-state index is -2.60. The summed E-state index contributed by atoms with van der Waals surface area (Å²) in [5.41, 5.74) is 6.55. The van der Waals surface area contributed by atoms with Gasteiger partial charge >= 0.3 is 0 Å². The van der Waals surface area contributed by atoms with Crippen LogP contribution >= 0.6 is 34.2 Å². The lowest BCUT2D eigenvalue weighted by Gasteiger charge is -2.13. The first kappa shape index (κ1) is 14.3. The highest BCUT2D eigenvalue weighted by Gasteiger charge is 2.14. The number of alkyl halides is 2. The molecule has 6 heteroatoms. The molecule has 0 amide bonds. The van der Waals surface area contributed by atoms with Crippen LogP contribution in [0.4, 0.5) is 25.8 Å². The first-order chi connectivity index (χ1) is 8.97. The van der Waals surface area contributed by atoms with Crippen molar-refractivity contribution in [3.05, 3.63) is 50.6 Å². The van der Waals surface area contributed by atoms with Crippen LogP contribution in [0.2, 0.25) is 5.02 Å². The highest BCUT2D eigenvalue weighted by Crippen LogP contribution is 2.33. The second-order valence-corrected chi connectivity index (χ2v) is 5.55. The smallest absolute Gasteiger partial charge is 0.265 e. The van der Waals surface area contributed by atoms with Gasteiger partial charge < -0.3 is 11.1 Å². The maximum atomic E-state index is 12.9. The van der Waals surface area contributed by atoms with Gasteiger partial charge in [-0.3, -0.25) is 0 Å². The number of benzene rings is 2. The lowest BCUT2D eigenvalue weighted by Crippen LogP contribution is -1.99. The van der Waals surface area contributed by atoms with Crippen molar-refractivity contribution in [2.45, 2.75) is 6.43 Å². The van der Waals surface area contributed by atoms with Crippen LogP contribution in [0.3, 0.4) is 0 Å². The fourth-order valence-corrected chi connectivity index (χ4v) is 2.51. The van der Waals surface area contributed by atoms with Gasteiger partial charge in [-0.2, -0.15) is 0 Å². The van der Waals surface area contributed by atoms with E-state index in [1.807, 2.05) is 6.07 Å². The molecule has 0 unspecified atom stereocenters. The zero-order valence-corrected chi connectivity index (χ0v) is 12.5. The second kappa shape index (κ2) is 5.92. The molecule has 2 rings (SSSR count). The lowest BCUT2D eigenvalue weighted by atomic mass is 10.1. The average Bonchev–Trinajstić information content (AvgIpc) is 2.34. The predicted molar refractivity (Wildman–Crippen MR) is 83.3 cm³/mol. The Hall–Kier alpha value is -1.08. The molecule has 0 aliphatic heterocycles. The van der Waals surface area contributed by atoms with E-state index in [4.69, 9.17) is 17.3 Å². The number of nitrogen functional groups attached to an aromatic ring is 1. The number of anilines is 3. The van der Waals surface area contributed by atoms with Gasteiger partial charge in [0.15, 0.2) is 0 Å². The van der Waals surface area contributed by atoms with Crippen LogP contribution in [0, 0.1) is 3.57 Å². The van der Waals surface area contributed by atoms with Gasteiger partial charge in [-0.1, -0.05) is 11.6 Å². The third kappa shape index (κ3) is 3.48. The molecule has 100 valence electrons. The zero-order chi connectivity index (χ0) is 14.0. The van der Waals surface area contributed by atoms with Crippen molar-refractivity contribution in [3.63, 3.8) is 0 Å². The minimum absolute atomic E-state index is 0.144. The van der Waals surface area contributed by atoms with Gasteiger partial charge in [-0.05, 0) is 59.0 Å². The van der Waals surface area contributed by atoms with E-state index in [2.05, 4.69) is 27.9 Å². The predicted octanol–water partition coefficient (Wildman–Crippen LogP) is 5.21. The van der Waals surface area contributed by atoms with Crippen LogP contribution in [0.1, 0.15) is 12.0 Å². The Morgan fingerprint density at radius 2 is 1.79 bits per heavy atom. The Kier molecular flexibility index (Phi) is 4.46. The standard InChI is InChI=1S/C13H10ClF2IN2/c14-10-5-7(17)1-3-12(10)19-11-4-2-8(18)6-9(11)13(15)16/h1-6,13,19H,18H2. The number of nitrogens with one attached hydrogen (secondary N) is 1. The molecule has 0 heterocycles. The number of nitrogens with two attached hydrogens (primary N) is 1. The van der Waals surface area contributed by atoms with E-state index in [-0.39, 0.29) is 5.56 Å². The Labute approximate surface area is 128 Å². The summed E-state index contributed by atoms with van der Waals surface area (Å²) in [6, 6.07) is 9.68. The molecule has 0 radical (unpaired) electrons. The molecule has 0 bridgehead atoms. The van der Waals surface area contributed by atoms with Gasteiger partial charge in [0.1, 0.15) is 0 Å². The first-order valence-corrected chi connectivity index (χ1v) is 6.82. The fraction of sp³-hybridized carbons (Fsp3) is 0.0769. The van der Waals surface area contributed by atoms with Crippen molar-refractivity contribution in [3.8, 4) is 0 Å². The monoisotopic (exact) mass is 394 g/mol. The molecule has 0 aromatic heterocycles. The molecule has 0 fully saturated rings. The molecule has 2 aromatic carbocycles. The van der Waals surface area contributed by atoms with E-state index in [0.717, 1.165) is 3.57 Å². The zero-order valence-electron chi connectivity index (χ0n) is 9.63. The van der Waals surface area contributed by atoms with E-state index in [0.29, 0.717) is 22.1 Å². The van der Waals surface area contributed by atoms with Gasteiger partial charge in [0.05, 0.1) is 10.7 Å². The summed E-state index contributed by atoms with van der Waals surface area (Å²) in [5.74, 6) is 0. The van der Waals surface area contributed by atoms with Gasteiger partial charge in [0.2, 0.25) is 0 Å². The first-order valence-electron chi connectivity index (χ1n) is 5.37. The molecule has 0 saturated carbocycles. The largest absolute Gasteiger partial charge is 0.399 e. The fourth-order valence-electron chi connectivity index (χ4n) is 1.61. The van der Waals surface area contributed by atoms with Crippen molar-refractivity contribution in [1.29, 1.82) is 0 Å². The Morgan fingerprint density at radius 1 is 1.11 bits per heavy atom. The summed E-state index contributed by atoms with van der Waals surface area (Å²) >= 11 is 8.19. The van der Waals surface area contributed by atoms with E-state index in [9.17, 15) is 8.78 Å². The Balaban J connectivity index is 2.38. The molecule has 2 aromatic rings. The van der Waals surface area contributed by atoms with E-state index in [1.165, 1.54) is 12.1 Å². The molecule has 3 N–H and O–H groups in total. The number of halogens is 4. The van der Waals surface area contributed by atoms with E-state index >= 15 is 0 Å². The van der Waals surface area contributed by atoms with Gasteiger partial charge in [0.25, 0.3) is 6.43 Å². The molecule has 0 atom stereocenters. The third-order valence-corrected chi connectivity index (χ3v) is 3.49. The van der Waals surface area contributed by atoms with Crippen molar-refractivity contribution in [2.24, 2.45) is 0 Å². The maximum absolute atomic E-state index is 12.9.